The van der Waals surface area contributed by atoms with E-state index in [1.54, 1.807) is 78.9 Å². The third kappa shape index (κ3) is 4.42. The Balaban J connectivity index is 1.53. The molecule has 0 aliphatic carbocycles. The summed E-state index contributed by atoms with van der Waals surface area (Å²) in [5.74, 6) is -1.50. The van der Waals surface area contributed by atoms with E-state index in [0.29, 0.717) is 22.6 Å². The molecule has 8 nitrogen and oxygen atoms in total. The van der Waals surface area contributed by atoms with Crippen LogP contribution in [-0.4, -0.2) is 28.9 Å². The number of para-hydroxylation sites is 3. The monoisotopic (exact) mass is 445 g/mol. The average molecular weight is 446 g/mol. The molecule has 1 heterocycles. The molecule has 1 unspecified atom stereocenters. The van der Waals surface area contributed by atoms with E-state index >= 15 is 0 Å². The molecule has 3 amide bonds. The van der Waals surface area contributed by atoms with Gasteiger partial charge < -0.3 is 10.6 Å². The van der Waals surface area contributed by atoms with Crippen LogP contribution in [-0.2, 0) is 9.59 Å². The summed E-state index contributed by atoms with van der Waals surface area (Å²) >= 11 is 5.21. The number of amides is 3. The normalized spacial score (nSPS) is 15.1. The molecular formula is C23H19N5O3S. The third-order valence-corrected chi connectivity index (χ3v) is 4.97. The molecule has 0 saturated heterocycles. The molecule has 1 aliphatic rings. The minimum absolute atomic E-state index is 0.0817. The summed E-state index contributed by atoms with van der Waals surface area (Å²) in [5, 5.41) is 5.38. The number of rotatable bonds is 3. The maximum atomic E-state index is 13.4. The Kier molecular flexibility index (Phi) is 6.09. The third-order valence-electron chi connectivity index (χ3n) is 4.75. The lowest BCUT2D eigenvalue weighted by atomic mass is 10.2. The molecule has 1 atom stereocenters. The van der Waals surface area contributed by atoms with Crippen molar-refractivity contribution >= 4 is 52.1 Å². The van der Waals surface area contributed by atoms with Gasteiger partial charge in [-0.05, 0) is 48.6 Å². The Morgan fingerprint density at radius 3 is 2.19 bits per heavy atom. The first-order valence-electron chi connectivity index (χ1n) is 9.75. The number of nitrogens with one attached hydrogen (secondary N) is 4. The Morgan fingerprint density at radius 2 is 1.47 bits per heavy atom. The molecule has 160 valence electrons. The Labute approximate surface area is 189 Å². The molecular weight excluding hydrogens is 426 g/mol. The molecule has 32 heavy (non-hydrogen) atoms. The highest BCUT2D eigenvalue weighted by atomic mass is 32.1. The van der Waals surface area contributed by atoms with Crippen molar-refractivity contribution in [1.82, 2.24) is 16.2 Å². The van der Waals surface area contributed by atoms with Crippen molar-refractivity contribution in [2.24, 2.45) is 0 Å². The van der Waals surface area contributed by atoms with Crippen LogP contribution in [0.25, 0.3) is 0 Å². The maximum Gasteiger partial charge on any atom is 0.269 e. The molecule has 0 fully saturated rings. The summed E-state index contributed by atoms with van der Waals surface area (Å²) < 4.78 is 0. The summed E-state index contributed by atoms with van der Waals surface area (Å²) in [6.45, 7) is 0. The zero-order valence-corrected chi connectivity index (χ0v) is 17.6. The number of hydrogen-bond acceptors (Lipinski definition) is 4. The van der Waals surface area contributed by atoms with Crippen LogP contribution < -0.4 is 26.4 Å². The molecule has 0 bridgehead atoms. The van der Waals surface area contributed by atoms with Crippen LogP contribution >= 0.6 is 12.2 Å². The molecule has 3 aromatic carbocycles. The minimum atomic E-state index is -1.32. The first kappa shape index (κ1) is 21.0. The fourth-order valence-electron chi connectivity index (χ4n) is 3.25. The van der Waals surface area contributed by atoms with E-state index in [0.717, 1.165) is 0 Å². The average Bonchev–Trinajstić information content (AvgIpc) is 2.92. The van der Waals surface area contributed by atoms with E-state index in [4.69, 9.17) is 12.2 Å². The van der Waals surface area contributed by atoms with Crippen LogP contribution in [0.4, 0.5) is 17.1 Å². The molecule has 0 aromatic heterocycles. The highest BCUT2D eigenvalue weighted by molar-refractivity contribution is 7.80. The molecule has 4 rings (SSSR count). The van der Waals surface area contributed by atoms with Crippen LogP contribution in [0.15, 0.2) is 84.9 Å². The molecule has 0 spiro atoms. The fraction of sp³-hybridized carbons (Fsp3) is 0.0435. The molecule has 0 saturated carbocycles. The summed E-state index contributed by atoms with van der Waals surface area (Å²) in [4.78, 5) is 40.0. The van der Waals surface area contributed by atoms with Gasteiger partial charge in [0.25, 0.3) is 17.7 Å². The number of carbonyl (C=O) groups is 3. The van der Waals surface area contributed by atoms with E-state index in [1.165, 1.54) is 4.90 Å². The van der Waals surface area contributed by atoms with Gasteiger partial charge in [-0.2, -0.15) is 0 Å². The lowest BCUT2D eigenvalue weighted by Crippen LogP contribution is -2.57. The van der Waals surface area contributed by atoms with E-state index in [-0.39, 0.29) is 5.11 Å². The lowest BCUT2D eigenvalue weighted by molar-refractivity contribution is -0.127. The zero-order valence-electron chi connectivity index (χ0n) is 16.7. The summed E-state index contributed by atoms with van der Waals surface area (Å²) in [5.41, 5.74) is 7.04. The SMILES string of the molecule is O=C(NNC(=S)NC1C(=O)Nc2ccccc2N(c2ccccc2)C1=O)c1ccccc1. The number of fused-ring (bicyclic) bond motifs is 1. The van der Waals surface area contributed by atoms with Crippen molar-refractivity contribution in [3.8, 4) is 0 Å². The second-order valence-electron chi connectivity index (χ2n) is 6.87. The number of carbonyl (C=O) groups excluding carboxylic acids is 3. The Bertz CT molecular complexity index is 1170. The van der Waals surface area contributed by atoms with E-state index in [1.807, 2.05) is 6.07 Å². The number of benzene rings is 3. The topological polar surface area (TPSA) is 103 Å². The first-order valence-corrected chi connectivity index (χ1v) is 10.2. The minimum Gasteiger partial charge on any atom is -0.342 e. The van der Waals surface area contributed by atoms with Crippen LogP contribution in [0.5, 0.6) is 0 Å². The van der Waals surface area contributed by atoms with Crippen molar-refractivity contribution in [3.05, 3.63) is 90.5 Å². The highest BCUT2D eigenvalue weighted by Crippen LogP contribution is 2.34. The number of hydrazine groups is 1. The second kappa shape index (κ2) is 9.27. The number of nitrogens with zero attached hydrogens (tertiary/aromatic N) is 1. The Hall–Kier alpha value is -4.24. The molecule has 0 radical (unpaired) electrons. The van der Waals surface area contributed by atoms with Crippen molar-refractivity contribution in [3.63, 3.8) is 0 Å². The predicted octanol–water partition coefficient (Wildman–Crippen LogP) is 2.48. The van der Waals surface area contributed by atoms with Gasteiger partial charge in [-0.3, -0.25) is 30.1 Å². The Morgan fingerprint density at radius 1 is 0.844 bits per heavy atom. The quantitative estimate of drug-likeness (QED) is 0.281. The molecule has 9 heteroatoms. The van der Waals surface area contributed by atoms with Gasteiger partial charge in [0.05, 0.1) is 11.4 Å². The van der Waals surface area contributed by atoms with Crippen LogP contribution in [0.2, 0.25) is 0 Å². The van der Waals surface area contributed by atoms with Crippen molar-refractivity contribution < 1.29 is 14.4 Å². The van der Waals surface area contributed by atoms with Crippen LogP contribution in [0, 0.1) is 0 Å². The van der Waals surface area contributed by atoms with Gasteiger partial charge >= 0.3 is 0 Å². The van der Waals surface area contributed by atoms with Gasteiger partial charge in [-0.25, -0.2) is 0 Å². The van der Waals surface area contributed by atoms with Crippen molar-refractivity contribution in [1.29, 1.82) is 0 Å². The molecule has 4 N–H and O–H groups in total. The summed E-state index contributed by atoms with van der Waals surface area (Å²) in [7, 11) is 0. The molecule has 1 aliphatic heterocycles. The van der Waals surface area contributed by atoms with Gasteiger partial charge in [0.1, 0.15) is 0 Å². The lowest BCUT2D eigenvalue weighted by Gasteiger charge is -2.25. The zero-order chi connectivity index (χ0) is 22.5. The number of thiocarbonyl (C=S) groups is 1. The molecule has 3 aromatic rings. The number of hydrogen-bond donors (Lipinski definition) is 4. The maximum absolute atomic E-state index is 13.4. The predicted molar refractivity (Wildman–Crippen MR) is 125 cm³/mol. The first-order chi connectivity index (χ1) is 15.5. The second-order valence-corrected chi connectivity index (χ2v) is 7.28. The van der Waals surface area contributed by atoms with Crippen molar-refractivity contribution in [2.45, 2.75) is 6.04 Å². The van der Waals surface area contributed by atoms with Crippen molar-refractivity contribution in [2.75, 3.05) is 10.2 Å². The van der Waals surface area contributed by atoms with E-state index in [2.05, 4.69) is 21.5 Å². The van der Waals surface area contributed by atoms with E-state index < -0.39 is 23.8 Å². The van der Waals surface area contributed by atoms with Gasteiger partial charge in [0.15, 0.2) is 11.2 Å². The van der Waals surface area contributed by atoms with Gasteiger partial charge in [0, 0.05) is 11.3 Å². The van der Waals surface area contributed by atoms with E-state index in [9.17, 15) is 14.4 Å². The van der Waals surface area contributed by atoms with Gasteiger partial charge in [-0.1, -0.05) is 48.5 Å². The summed E-state index contributed by atoms with van der Waals surface area (Å²) in [6, 6.07) is 23.2. The standard InChI is InChI=1S/C23H19N5O3S/c29-20(15-9-3-1-4-10-15)26-27-23(32)25-19-21(30)24-17-13-7-8-14-18(17)28(22(19)31)16-11-5-2-6-12-16/h1-14,19H,(H,24,30)(H,26,29)(H2,25,27,32). The van der Waals surface area contributed by atoms with Gasteiger partial charge in [0.2, 0.25) is 0 Å². The number of anilines is 3. The summed E-state index contributed by atoms with van der Waals surface area (Å²) in [6.07, 6.45) is 0. The van der Waals surface area contributed by atoms with Crippen LogP contribution in [0.1, 0.15) is 10.4 Å². The smallest absolute Gasteiger partial charge is 0.269 e. The van der Waals surface area contributed by atoms with Crippen LogP contribution in [0.3, 0.4) is 0 Å². The highest BCUT2D eigenvalue weighted by Gasteiger charge is 2.37. The fourth-order valence-corrected chi connectivity index (χ4v) is 3.42. The van der Waals surface area contributed by atoms with Gasteiger partial charge in [-0.15, -0.1) is 0 Å². The largest absolute Gasteiger partial charge is 0.342 e.